The Kier molecular flexibility index (Phi) is 4.84. The average molecular weight is 300 g/mol. The summed E-state index contributed by atoms with van der Waals surface area (Å²) in [4.78, 5) is 2.83. The summed E-state index contributed by atoms with van der Waals surface area (Å²) in [6.07, 6.45) is 1.08. The molecule has 18 heavy (non-hydrogen) atoms. The first-order chi connectivity index (χ1) is 8.54. The van der Waals surface area contributed by atoms with E-state index in [0.717, 1.165) is 10.8 Å². The van der Waals surface area contributed by atoms with Gasteiger partial charge in [-0.2, -0.15) is 0 Å². The van der Waals surface area contributed by atoms with Crippen molar-refractivity contribution in [3.8, 4) is 0 Å². The highest BCUT2D eigenvalue weighted by Gasteiger charge is 2.12. The highest BCUT2D eigenvalue weighted by Crippen LogP contribution is 2.25. The third-order valence-corrected chi connectivity index (χ3v) is 5.06. The predicted molar refractivity (Wildman–Crippen MR) is 83.1 cm³/mol. The summed E-state index contributed by atoms with van der Waals surface area (Å²) >= 11 is 9.44. The predicted octanol–water partition coefficient (Wildman–Crippen LogP) is 5.05. The maximum absolute atomic E-state index is 5.97. The minimum absolute atomic E-state index is 0.352. The van der Waals surface area contributed by atoms with Gasteiger partial charge in [0.25, 0.3) is 0 Å². The average Bonchev–Trinajstić information content (AvgIpc) is 2.87. The van der Waals surface area contributed by atoms with Crippen LogP contribution in [0.25, 0.3) is 0 Å². The summed E-state index contributed by atoms with van der Waals surface area (Å²) in [5, 5.41) is 5.75. The second-order valence-electron chi connectivity index (χ2n) is 4.69. The number of hydrogen-bond acceptors (Lipinski definition) is 3. The van der Waals surface area contributed by atoms with E-state index in [1.807, 2.05) is 17.4 Å². The molecule has 0 aliphatic heterocycles. The lowest BCUT2D eigenvalue weighted by Gasteiger charge is -2.18. The van der Waals surface area contributed by atoms with Crippen LogP contribution in [-0.4, -0.2) is 6.04 Å². The van der Waals surface area contributed by atoms with Crippen molar-refractivity contribution in [3.63, 3.8) is 0 Å². The van der Waals surface area contributed by atoms with Crippen LogP contribution < -0.4 is 5.32 Å². The third kappa shape index (κ3) is 3.82. The monoisotopic (exact) mass is 299 g/mol. The van der Waals surface area contributed by atoms with Crippen molar-refractivity contribution in [3.05, 3.63) is 43.2 Å². The van der Waals surface area contributed by atoms with E-state index in [2.05, 4.69) is 43.6 Å². The standard InChI is InChI=1S/C14H18ClNS2/c1-9(6-13-5-4-10(2)18-13)16-11(3)12-7-14(15)17-8-12/h4-5,7-9,11,16H,6H2,1-3H3. The summed E-state index contributed by atoms with van der Waals surface area (Å²) in [5.74, 6) is 0. The molecule has 98 valence electrons. The van der Waals surface area contributed by atoms with Gasteiger partial charge in [0.05, 0.1) is 4.34 Å². The number of thiophene rings is 2. The smallest absolute Gasteiger partial charge is 0.0931 e. The van der Waals surface area contributed by atoms with E-state index in [4.69, 9.17) is 11.6 Å². The molecule has 0 amide bonds. The molecule has 0 fully saturated rings. The van der Waals surface area contributed by atoms with Gasteiger partial charge in [-0.1, -0.05) is 11.6 Å². The van der Waals surface area contributed by atoms with Crippen LogP contribution in [-0.2, 0) is 6.42 Å². The van der Waals surface area contributed by atoms with Gasteiger partial charge in [-0.3, -0.25) is 0 Å². The zero-order chi connectivity index (χ0) is 13.1. The van der Waals surface area contributed by atoms with E-state index >= 15 is 0 Å². The van der Waals surface area contributed by atoms with E-state index in [-0.39, 0.29) is 0 Å². The van der Waals surface area contributed by atoms with Crippen molar-refractivity contribution < 1.29 is 0 Å². The molecule has 2 heterocycles. The molecule has 2 atom stereocenters. The molecule has 0 radical (unpaired) electrons. The van der Waals surface area contributed by atoms with Gasteiger partial charge in [0.1, 0.15) is 0 Å². The fourth-order valence-corrected chi connectivity index (χ4v) is 4.03. The van der Waals surface area contributed by atoms with Gasteiger partial charge in [-0.15, -0.1) is 22.7 Å². The van der Waals surface area contributed by atoms with Crippen LogP contribution in [0.3, 0.4) is 0 Å². The van der Waals surface area contributed by atoms with E-state index < -0.39 is 0 Å². The van der Waals surface area contributed by atoms with Gasteiger partial charge >= 0.3 is 0 Å². The molecule has 2 aromatic heterocycles. The highest BCUT2D eigenvalue weighted by molar-refractivity contribution is 7.14. The molecule has 2 unspecified atom stereocenters. The molecule has 0 aliphatic rings. The number of rotatable bonds is 5. The Balaban J connectivity index is 1.89. The summed E-state index contributed by atoms with van der Waals surface area (Å²) in [5.41, 5.74) is 1.28. The number of aryl methyl sites for hydroxylation is 1. The Bertz CT molecular complexity index is 503. The van der Waals surface area contributed by atoms with Crippen molar-refractivity contribution in [1.29, 1.82) is 0 Å². The van der Waals surface area contributed by atoms with Crippen molar-refractivity contribution in [1.82, 2.24) is 5.32 Å². The molecule has 0 spiro atoms. The second kappa shape index (κ2) is 6.20. The van der Waals surface area contributed by atoms with Gasteiger partial charge < -0.3 is 5.32 Å². The summed E-state index contributed by atoms with van der Waals surface area (Å²) in [7, 11) is 0. The molecule has 0 bridgehead atoms. The maximum atomic E-state index is 5.97. The second-order valence-corrected chi connectivity index (χ2v) is 7.61. The number of halogens is 1. The lowest BCUT2D eigenvalue weighted by molar-refractivity contribution is 0.480. The Hall–Kier alpha value is -0.350. The Labute approximate surface area is 122 Å². The molecule has 0 aliphatic carbocycles. The van der Waals surface area contributed by atoms with E-state index in [1.54, 1.807) is 11.3 Å². The lowest BCUT2D eigenvalue weighted by atomic mass is 10.1. The van der Waals surface area contributed by atoms with Crippen LogP contribution in [0.2, 0.25) is 4.34 Å². The quantitative estimate of drug-likeness (QED) is 0.814. The largest absolute Gasteiger partial charge is 0.307 e. The molecular formula is C14H18ClNS2. The molecule has 1 N–H and O–H groups in total. The molecule has 0 saturated carbocycles. The van der Waals surface area contributed by atoms with Crippen molar-refractivity contribution in [2.75, 3.05) is 0 Å². The summed E-state index contributed by atoms with van der Waals surface area (Å²) in [6, 6.07) is 7.28. The van der Waals surface area contributed by atoms with Crippen molar-refractivity contribution in [2.45, 2.75) is 39.3 Å². The first kappa shape index (κ1) is 14.1. The van der Waals surface area contributed by atoms with E-state index in [0.29, 0.717) is 12.1 Å². The fraction of sp³-hybridized carbons (Fsp3) is 0.429. The summed E-state index contributed by atoms with van der Waals surface area (Å²) < 4.78 is 0.861. The van der Waals surface area contributed by atoms with Crippen molar-refractivity contribution in [2.24, 2.45) is 0 Å². The topological polar surface area (TPSA) is 12.0 Å². The van der Waals surface area contributed by atoms with Crippen LogP contribution in [0, 0.1) is 6.92 Å². The molecule has 0 saturated heterocycles. The highest BCUT2D eigenvalue weighted by atomic mass is 35.5. The Morgan fingerprint density at radius 3 is 2.67 bits per heavy atom. The minimum atomic E-state index is 0.352. The third-order valence-electron chi connectivity index (χ3n) is 2.93. The summed E-state index contributed by atoms with van der Waals surface area (Å²) in [6.45, 7) is 6.58. The molecule has 2 aromatic rings. The Morgan fingerprint density at radius 2 is 2.11 bits per heavy atom. The van der Waals surface area contributed by atoms with Gasteiger partial charge in [0.15, 0.2) is 0 Å². The SMILES string of the molecule is Cc1ccc(CC(C)NC(C)c2csc(Cl)c2)s1. The minimum Gasteiger partial charge on any atom is -0.307 e. The van der Waals surface area contributed by atoms with Crippen LogP contribution in [0.4, 0.5) is 0 Å². The van der Waals surface area contributed by atoms with Gasteiger partial charge in [0, 0.05) is 21.8 Å². The molecule has 1 nitrogen and oxygen atoms in total. The lowest BCUT2D eigenvalue weighted by Crippen LogP contribution is -2.30. The van der Waals surface area contributed by atoms with Crippen LogP contribution >= 0.6 is 34.3 Å². The van der Waals surface area contributed by atoms with E-state index in [1.165, 1.54) is 15.3 Å². The van der Waals surface area contributed by atoms with Gasteiger partial charge in [0.2, 0.25) is 0 Å². The van der Waals surface area contributed by atoms with E-state index in [9.17, 15) is 0 Å². The van der Waals surface area contributed by atoms with Crippen LogP contribution in [0.15, 0.2) is 23.6 Å². The van der Waals surface area contributed by atoms with Gasteiger partial charge in [-0.25, -0.2) is 0 Å². The number of hydrogen-bond donors (Lipinski definition) is 1. The molecule has 4 heteroatoms. The maximum Gasteiger partial charge on any atom is 0.0931 e. The van der Waals surface area contributed by atoms with Gasteiger partial charge in [-0.05, 0) is 56.3 Å². The van der Waals surface area contributed by atoms with Crippen molar-refractivity contribution >= 4 is 34.3 Å². The molecule has 0 aromatic carbocycles. The molecular weight excluding hydrogens is 282 g/mol. The van der Waals surface area contributed by atoms with Crippen LogP contribution in [0.5, 0.6) is 0 Å². The number of nitrogens with one attached hydrogen (secondary N) is 1. The normalized spacial score (nSPS) is 14.7. The first-order valence-corrected chi connectivity index (χ1v) is 8.17. The molecule has 2 rings (SSSR count). The Morgan fingerprint density at radius 1 is 1.33 bits per heavy atom. The zero-order valence-corrected chi connectivity index (χ0v) is 13.3. The zero-order valence-electron chi connectivity index (χ0n) is 10.9. The van der Waals surface area contributed by atoms with Crippen LogP contribution in [0.1, 0.15) is 35.2 Å². The fourth-order valence-electron chi connectivity index (χ4n) is 2.03. The first-order valence-electron chi connectivity index (χ1n) is 6.10.